The summed E-state index contributed by atoms with van der Waals surface area (Å²) in [5.41, 5.74) is 1.36. The zero-order valence-corrected chi connectivity index (χ0v) is 17.5. The quantitative estimate of drug-likeness (QED) is 0.415. The minimum absolute atomic E-state index is 0.286. The van der Waals surface area contributed by atoms with E-state index in [2.05, 4.69) is 11.8 Å². The van der Waals surface area contributed by atoms with Gasteiger partial charge in [-0.2, -0.15) is 0 Å². The maximum Gasteiger partial charge on any atom is 0.323 e. The van der Waals surface area contributed by atoms with Gasteiger partial charge in [-0.25, -0.2) is 4.90 Å². The Morgan fingerprint density at radius 2 is 1.44 bits per heavy atom. The van der Waals surface area contributed by atoms with Crippen LogP contribution < -0.4 is 4.90 Å². The fraction of sp³-hybridized carbons (Fsp3) is 0.269. The topological polar surface area (TPSA) is 66.9 Å². The standard InChI is InChI=1S/C26H22N2O4/c1-4-19-22-23(25(30)27(24(22)29)18-14-10-7-11-15-18)20(5-2)28(19)21(26(31)32-3)16-17-12-8-6-9-13-17/h1-2,6-15,19-23H,16H2,3H3/t19-,20-,21+,22-,23+/m1/s1. The smallest absolute Gasteiger partial charge is 0.323 e. The van der Waals surface area contributed by atoms with Gasteiger partial charge in [0.15, 0.2) is 0 Å². The number of imide groups is 1. The minimum Gasteiger partial charge on any atom is -0.468 e. The zero-order chi connectivity index (χ0) is 22.8. The first-order chi connectivity index (χ1) is 15.5. The van der Waals surface area contributed by atoms with Crippen molar-refractivity contribution in [1.29, 1.82) is 0 Å². The molecule has 0 aromatic heterocycles. The molecule has 6 heteroatoms. The molecule has 2 heterocycles. The molecule has 4 rings (SSSR count). The van der Waals surface area contributed by atoms with Gasteiger partial charge in [-0.3, -0.25) is 19.3 Å². The van der Waals surface area contributed by atoms with Crippen LogP contribution in [0.4, 0.5) is 5.69 Å². The van der Waals surface area contributed by atoms with E-state index in [1.165, 1.54) is 7.11 Å². The molecule has 0 aliphatic carbocycles. The predicted molar refractivity (Wildman–Crippen MR) is 119 cm³/mol. The van der Waals surface area contributed by atoms with Crippen molar-refractivity contribution in [3.8, 4) is 24.7 Å². The highest BCUT2D eigenvalue weighted by molar-refractivity contribution is 6.23. The van der Waals surface area contributed by atoms with Crippen molar-refractivity contribution in [3.63, 3.8) is 0 Å². The number of anilines is 1. The number of hydrogen-bond acceptors (Lipinski definition) is 5. The second-order valence-electron chi connectivity index (χ2n) is 7.80. The third-order valence-electron chi connectivity index (χ3n) is 6.18. The maximum atomic E-state index is 13.4. The Hall–Kier alpha value is -3.87. The Kier molecular flexibility index (Phi) is 5.81. The molecule has 2 aliphatic rings. The molecule has 2 saturated heterocycles. The Bertz CT molecular complexity index is 1080. The number of esters is 1. The van der Waals surface area contributed by atoms with Gasteiger partial charge in [0.1, 0.15) is 6.04 Å². The number of amides is 2. The molecule has 160 valence electrons. The van der Waals surface area contributed by atoms with Crippen molar-refractivity contribution in [1.82, 2.24) is 4.90 Å². The number of hydrogen-bond donors (Lipinski definition) is 0. The summed E-state index contributed by atoms with van der Waals surface area (Å²) in [5, 5.41) is 0. The Morgan fingerprint density at radius 3 is 1.91 bits per heavy atom. The molecule has 2 aromatic rings. The average Bonchev–Trinajstić information content (AvgIpc) is 3.29. The number of fused-ring (bicyclic) bond motifs is 1. The third kappa shape index (κ3) is 3.36. The molecule has 0 radical (unpaired) electrons. The number of nitrogens with zero attached hydrogens (tertiary/aromatic N) is 2. The summed E-state index contributed by atoms with van der Waals surface area (Å²) in [6.45, 7) is 0. The van der Waals surface area contributed by atoms with Crippen LogP contribution in [-0.4, -0.2) is 47.9 Å². The number of terminal acetylenes is 2. The highest BCUT2D eigenvalue weighted by atomic mass is 16.5. The Balaban J connectivity index is 1.75. The second-order valence-corrected chi connectivity index (χ2v) is 7.80. The van der Waals surface area contributed by atoms with Crippen molar-refractivity contribution in [2.45, 2.75) is 24.5 Å². The number of benzene rings is 2. The molecule has 2 amide bonds. The molecule has 2 fully saturated rings. The number of likely N-dealkylation sites (tertiary alicyclic amines) is 1. The molecule has 5 atom stereocenters. The van der Waals surface area contributed by atoms with E-state index in [4.69, 9.17) is 17.6 Å². The second kappa shape index (κ2) is 8.70. The zero-order valence-electron chi connectivity index (χ0n) is 17.5. The van der Waals surface area contributed by atoms with Gasteiger partial charge in [-0.15, -0.1) is 12.8 Å². The van der Waals surface area contributed by atoms with E-state index < -0.39 is 47.7 Å². The van der Waals surface area contributed by atoms with E-state index in [0.29, 0.717) is 5.69 Å². The summed E-state index contributed by atoms with van der Waals surface area (Å²) in [6, 6.07) is 15.6. The molecular weight excluding hydrogens is 404 g/mol. The number of ether oxygens (including phenoxy) is 1. The van der Waals surface area contributed by atoms with Crippen LogP contribution in [0.2, 0.25) is 0 Å². The normalized spacial score (nSPS) is 25.7. The average molecular weight is 426 g/mol. The monoisotopic (exact) mass is 426 g/mol. The lowest BCUT2D eigenvalue weighted by molar-refractivity contribution is -0.148. The number of carbonyl (C=O) groups excluding carboxylic acids is 3. The number of rotatable bonds is 5. The Morgan fingerprint density at radius 1 is 0.938 bits per heavy atom. The Labute approximate surface area is 187 Å². The van der Waals surface area contributed by atoms with Gasteiger partial charge in [-0.05, 0) is 24.1 Å². The molecular formula is C26H22N2O4. The highest BCUT2D eigenvalue weighted by Crippen LogP contribution is 2.45. The number of carbonyl (C=O) groups is 3. The summed E-state index contributed by atoms with van der Waals surface area (Å²) in [7, 11) is 1.29. The van der Waals surface area contributed by atoms with E-state index in [1.807, 2.05) is 30.3 Å². The first-order valence-electron chi connectivity index (χ1n) is 10.3. The number of para-hydroxylation sites is 1. The van der Waals surface area contributed by atoms with Gasteiger partial charge in [0.2, 0.25) is 11.8 Å². The summed E-state index contributed by atoms with van der Waals surface area (Å²) >= 11 is 0. The van der Waals surface area contributed by atoms with E-state index in [0.717, 1.165) is 10.5 Å². The van der Waals surface area contributed by atoms with Crippen molar-refractivity contribution >= 4 is 23.5 Å². The summed E-state index contributed by atoms with van der Waals surface area (Å²) in [4.78, 5) is 42.4. The van der Waals surface area contributed by atoms with Gasteiger partial charge < -0.3 is 4.74 Å². The van der Waals surface area contributed by atoms with Crippen LogP contribution in [-0.2, 0) is 25.5 Å². The number of methoxy groups -OCH3 is 1. The van der Waals surface area contributed by atoms with Crippen molar-refractivity contribution in [3.05, 3.63) is 66.2 Å². The largest absolute Gasteiger partial charge is 0.468 e. The van der Waals surface area contributed by atoms with Crippen LogP contribution in [0.15, 0.2) is 60.7 Å². The third-order valence-corrected chi connectivity index (χ3v) is 6.18. The lowest BCUT2D eigenvalue weighted by Gasteiger charge is -2.34. The van der Waals surface area contributed by atoms with E-state index >= 15 is 0 Å². The van der Waals surface area contributed by atoms with Gasteiger partial charge in [0.05, 0.1) is 36.7 Å². The van der Waals surface area contributed by atoms with Crippen LogP contribution in [0.1, 0.15) is 5.56 Å². The SMILES string of the molecule is C#C[C@@H]1[C@@H]2C(=O)N(c3ccccc3)C(=O)[C@@H]2[C@@H](C#C)N1[C@@H](Cc1ccccc1)C(=O)OC. The van der Waals surface area contributed by atoms with E-state index in [-0.39, 0.29) is 6.42 Å². The molecule has 0 N–H and O–H groups in total. The van der Waals surface area contributed by atoms with Crippen LogP contribution in [0, 0.1) is 36.5 Å². The van der Waals surface area contributed by atoms with Crippen LogP contribution in [0.3, 0.4) is 0 Å². The summed E-state index contributed by atoms with van der Waals surface area (Å²) < 4.78 is 5.05. The molecule has 0 unspecified atom stereocenters. The molecule has 2 aromatic carbocycles. The van der Waals surface area contributed by atoms with Crippen LogP contribution in [0.5, 0.6) is 0 Å². The van der Waals surface area contributed by atoms with Gasteiger partial charge in [0.25, 0.3) is 0 Å². The van der Waals surface area contributed by atoms with Gasteiger partial charge in [-0.1, -0.05) is 60.4 Å². The molecule has 32 heavy (non-hydrogen) atoms. The van der Waals surface area contributed by atoms with Gasteiger partial charge in [0, 0.05) is 0 Å². The molecule has 2 aliphatic heterocycles. The molecule has 0 bridgehead atoms. The summed E-state index contributed by atoms with van der Waals surface area (Å²) in [5.74, 6) is 2.28. The molecule has 0 spiro atoms. The highest BCUT2D eigenvalue weighted by Gasteiger charge is 2.63. The van der Waals surface area contributed by atoms with Crippen molar-refractivity contribution in [2.24, 2.45) is 11.8 Å². The van der Waals surface area contributed by atoms with Gasteiger partial charge >= 0.3 is 5.97 Å². The van der Waals surface area contributed by atoms with E-state index in [1.54, 1.807) is 35.2 Å². The minimum atomic E-state index is -0.836. The fourth-order valence-corrected chi connectivity index (χ4v) is 4.80. The summed E-state index contributed by atoms with van der Waals surface area (Å²) in [6.07, 6.45) is 12.0. The van der Waals surface area contributed by atoms with E-state index in [9.17, 15) is 14.4 Å². The molecule has 6 nitrogen and oxygen atoms in total. The van der Waals surface area contributed by atoms with Crippen molar-refractivity contribution in [2.75, 3.05) is 12.0 Å². The molecule has 0 saturated carbocycles. The fourth-order valence-electron chi connectivity index (χ4n) is 4.80. The first-order valence-corrected chi connectivity index (χ1v) is 10.3. The maximum absolute atomic E-state index is 13.4. The lowest BCUT2D eigenvalue weighted by atomic mass is 9.90. The predicted octanol–water partition coefficient (Wildman–Crippen LogP) is 1.90. The first kappa shape index (κ1) is 21.4. The van der Waals surface area contributed by atoms with Crippen LogP contribution >= 0.6 is 0 Å². The van der Waals surface area contributed by atoms with Crippen LogP contribution in [0.25, 0.3) is 0 Å². The lowest BCUT2D eigenvalue weighted by Crippen LogP contribution is -2.52. The van der Waals surface area contributed by atoms with Crippen molar-refractivity contribution < 1.29 is 19.1 Å².